The normalized spacial score (nSPS) is 26.9. The molecular weight excluding hydrogens is 357 g/mol. The highest BCUT2D eigenvalue weighted by molar-refractivity contribution is 5.75. The van der Waals surface area contributed by atoms with Crippen molar-refractivity contribution in [2.45, 2.75) is 90.1 Å². The molecule has 0 aliphatic carbocycles. The summed E-state index contributed by atoms with van der Waals surface area (Å²) in [6.07, 6.45) is 3.73. The summed E-state index contributed by atoms with van der Waals surface area (Å²) in [4.78, 5) is 12.2. The SMILES string of the molecule is Cc1ccc(C[C@H]2CCC[C@H](N)C(=O)O[C@@H](C)[C@@H]2OCCCC(C)(C)F)cc1. The second kappa shape index (κ2) is 10.4. The minimum absolute atomic E-state index is 0.217. The third-order valence-corrected chi connectivity index (χ3v) is 5.47. The monoisotopic (exact) mass is 393 g/mol. The molecule has 0 aromatic heterocycles. The Labute approximate surface area is 169 Å². The molecular formula is C23H36FNO3. The van der Waals surface area contributed by atoms with Crippen molar-refractivity contribution < 1.29 is 18.7 Å². The van der Waals surface area contributed by atoms with Gasteiger partial charge in [-0.3, -0.25) is 4.79 Å². The summed E-state index contributed by atoms with van der Waals surface area (Å²) in [6.45, 7) is 7.57. The van der Waals surface area contributed by atoms with Gasteiger partial charge in [0.05, 0.1) is 6.10 Å². The molecule has 4 nitrogen and oxygen atoms in total. The van der Waals surface area contributed by atoms with Crippen molar-refractivity contribution in [2.24, 2.45) is 11.7 Å². The van der Waals surface area contributed by atoms with Crippen LogP contribution in [0.1, 0.15) is 64.0 Å². The highest BCUT2D eigenvalue weighted by Gasteiger charge is 2.33. The van der Waals surface area contributed by atoms with Crippen LogP contribution in [-0.2, 0) is 20.7 Å². The van der Waals surface area contributed by atoms with Gasteiger partial charge in [0.15, 0.2) is 0 Å². The van der Waals surface area contributed by atoms with Gasteiger partial charge < -0.3 is 15.2 Å². The average molecular weight is 394 g/mol. The number of benzene rings is 1. The number of carbonyl (C=O) groups excluding carboxylic acids is 1. The Hall–Kier alpha value is -1.46. The van der Waals surface area contributed by atoms with Gasteiger partial charge in [0, 0.05) is 6.61 Å². The van der Waals surface area contributed by atoms with Crippen LogP contribution in [-0.4, -0.2) is 36.5 Å². The van der Waals surface area contributed by atoms with E-state index in [1.54, 1.807) is 13.8 Å². The minimum atomic E-state index is -1.20. The number of aryl methyl sites for hydroxylation is 1. The highest BCUT2D eigenvalue weighted by atomic mass is 19.1. The van der Waals surface area contributed by atoms with Crippen molar-refractivity contribution in [3.05, 3.63) is 35.4 Å². The van der Waals surface area contributed by atoms with Crippen LogP contribution in [0.5, 0.6) is 0 Å². The first kappa shape index (κ1) is 22.8. The Morgan fingerprint density at radius 2 is 1.93 bits per heavy atom. The summed E-state index contributed by atoms with van der Waals surface area (Å²) in [5, 5.41) is 0. The molecule has 2 rings (SSSR count). The molecule has 0 unspecified atom stereocenters. The smallest absolute Gasteiger partial charge is 0.323 e. The van der Waals surface area contributed by atoms with E-state index >= 15 is 0 Å². The zero-order chi connectivity index (χ0) is 20.7. The fourth-order valence-corrected chi connectivity index (χ4v) is 3.83. The van der Waals surface area contributed by atoms with E-state index in [-0.39, 0.29) is 24.1 Å². The lowest BCUT2D eigenvalue weighted by Crippen LogP contribution is -2.41. The third kappa shape index (κ3) is 7.51. The van der Waals surface area contributed by atoms with Crippen LogP contribution in [0.25, 0.3) is 0 Å². The summed E-state index contributed by atoms with van der Waals surface area (Å²) in [7, 11) is 0. The van der Waals surface area contributed by atoms with Crippen LogP contribution in [0, 0.1) is 12.8 Å². The first-order valence-corrected chi connectivity index (χ1v) is 10.5. The van der Waals surface area contributed by atoms with Gasteiger partial charge in [-0.1, -0.05) is 36.2 Å². The van der Waals surface area contributed by atoms with Crippen LogP contribution in [0.3, 0.4) is 0 Å². The quantitative estimate of drug-likeness (QED) is 0.547. The van der Waals surface area contributed by atoms with E-state index in [9.17, 15) is 9.18 Å². The van der Waals surface area contributed by atoms with Crippen molar-refractivity contribution in [3.63, 3.8) is 0 Å². The molecule has 1 heterocycles. The van der Waals surface area contributed by atoms with Gasteiger partial charge in [0.2, 0.25) is 0 Å². The van der Waals surface area contributed by atoms with Crippen LogP contribution >= 0.6 is 0 Å². The highest BCUT2D eigenvalue weighted by Crippen LogP contribution is 2.28. The predicted octanol–water partition coefficient (Wildman–Crippen LogP) is 4.51. The fraction of sp³-hybridized carbons (Fsp3) is 0.696. The first-order valence-electron chi connectivity index (χ1n) is 10.5. The van der Waals surface area contributed by atoms with Crippen molar-refractivity contribution in [3.8, 4) is 0 Å². The van der Waals surface area contributed by atoms with Crippen molar-refractivity contribution in [1.82, 2.24) is 0 Å². The summed E-state index contributed by atoms with van der Waals surface area (Å²) < 4.78 is 25.6. The van der Waals surface area contributed by atoms with E-state index in [1.807, 2.05) is 6.92 Å². The third-order valence-electron chi connectivity index (χ3n) is 5.47. The molecule has 0 saturated carbocycles. The number of hydrogen-bond acceptors (Lipinski definition) is 4. The van der Waals surface area contributed by atoms with Gasteiger partial charge in [-0.25, -0.2) is 4.39 Å². The second-order valence-corrected chi connectivity index (χ2v) is 8.79. The zero-order valence-electron chi connectivity index (χ0n) is 17.7. The Kier molecular flexibility index (Phi) is 8.44. The maximum atomic E-state index is 13.8. The lowest BCUT2D eigenvalue weighted by atomic mass is 9.86. The van der Waals surface area contributed by atoms with Gasteiger partial charge >= 0.3 is 5.97 Å². The lowest BCUT2D eigenvalue weighted by Gasteiger charge is -2.31. The molecule has 1 saturated heterocycles. The van der Waals surface area contributed by atoms with Crippen LogP contribution in [0.2, 0.25) is 0 Å². The summed E-state index contributed by atoms with van der Waals surface area (Å²) >= 11 is 0. The molecule has 2 N–H and O–H groups in total. The molecule has 5 heteroatoms. The van der Waals surface area contributed by atoms with Crippen molar-refractivity contribution >= 4 is 5.97 Å². The summed E-state index contributed by atoms with van der Waals surface area (Å²) in [5.74, 6) is -0.142. The van der Waals surface area contributed by atoms with E-state index in [2.05, 4.69) is 31.2 Å². The molecule has 0 radical (unpaired) electrons. The topological polar surface area (TPSA) is 61.6 Å². The largest absolute Gasteiger partial charge is 0.459 e. The van der Waals surface area contributed by atoms with Gasteiger partial charge in [-0.05, 0) is 71.3 Å². The minimum Gasteiger partial charge on any atom is -0.459 e. The zero-order valence-corrected chi connectivity index (χ0v) is 17.7. The fourth-order valence-electron chi connectivity index (χ4n) is 3.83. The molecule has 28 heavy (non-hydrogen) atoms. The average Bonchev–Trinajstić information content (AvgIpc) is 2.65. The van der Waals surface area contributed by atoms with Crippen LogP contribution in [0.15, 0.2) is 24.3 Å². The maximum Gasteiger partial charge on any atom is 0.323 e. The number of nitrogens with two attached hydrogens (primary N) is 1. The molecule has 1 aromatic rings. The second-order valence-electron chi connectivity index (χ2n) is 8.79. The van der Waals surface area contributed by atoms with E-state index < -0.39 is 11.7 Å². The Balaban J connectivity index is 2.11. The molecule has 0 amide bonds. The van der Waals surface area contributed by atoms with Crippen molar-refractivity contribution in [1.29, 1.82) is 0 Å². The van der Waals surface area contributed by atoms with E-state index in [1.165, 1.54) is 11.1 Å². The van der Waals surface area contributed by atoms with E-state index in [0.717, 1.165) is 19.3 Å². The first-order chi connectivity index (χ1) is 13.2. The number of rotatable bonds is 7. The lowest BCUT2D eigenvalue weighted by molar-refractivity contribution is -0.160. The van der Waals surface area contributed by atoms with E-state index in [0.29, 0.717) is 25.9 Å². The van der Waals surface area contributed by atoms with Crippen LogP contribution in [0.4, 0.5) is 4.39 Å². The Morgan fingerprint density at radius 3 is 2.57 bits per heavy atom. The molecule has 158 valence electrons. The Morgan fingerprint density at radius 1 is 1.25 bits per heavy atom. The number of halogens is 1. The number of hydrogen-bond donors (Lipinski definition) is 1. The Bertz CT molecular complexity index is 611. The van der Waals surface area contributed by atoms with Gasteiger partial charge in [0.25, 0.3) is 0 Å². The molecule has 4 atom stereocenters. The van der Waals surface area contributed by atoms with E-state index in [4.69, 9.17) is 15.2 Å². The van der Waals surface area contributed by atoms with Gasteiger partial charge in [-0.2, -0.15) is 0 Å². The molecule has 1 aliphatic heterocycles. The molecule has 1 aromatic carbocycles. The number of esters is 1. The van der Waals surface area contributed by atoms with Crippen LogP contribution < -0.4 is 5.73 Å². The maximum absolute atomic E-state index is 13.8. The summed E-state index contributed by atoms with van der Waals surface area (Å²) in [5.41, 5.74) is 7.23. The van der Waals surface area contributed by atoms with Crippen molar-refractivity contribution in [2.75, 3.05) is 6.61 Å². The molecule has 0 spiro atoms. The molecule has 1 fully saturated rings. The molecule has 0 bridgehead atoms. The standard InChI is InChI=1S/C23H36FNO3/c1-16-9-11-18(12-10-16)15-19-7-5-8-20(25)22(26)28-17(2)21(19)27-14-6-13-23(3,4)24/h9-12,17,19-21H,5-8,13-15,25H2,1-4H3/t17-,19+,20-,21-/m0/s1. The molecule has 1 aliphatic rings. The van der Waals surface area contributed by atoms with Gasteiger partial charge in [0.1, 0.15) is 17.8 Å². The predicted molar refractivity (Wildman–Crippen MR) is 110 cm³/mol. The number of ether oxygens (including phenoxy) is 2. The van der Waals surface area contributed by atoms with Gasteiger partial charge in [-0.15, -0.1) is 0 Å². The number of carbonyl (C=O) groups is 1. The summed E-state index contributed by atoms with van der Waals surface area (Å²) in [6, 6.07) is 7.94. The number of alkyl halides is 1. The number of cyclic esters (lactones) is 1.